The van der Waals surface area contributed by atoms with E-state index in [2.05, 4.69) is 12.2 Å². The van der Waals surface area contributed by atoms with Gasteiger partial charge in [-0.1, -0.05) is 32.3 Å². The fourth-order valence-corrected chi connectivity index (χ4v) is 1.89. The molecule has 0 aliphatic rings. The minimum Gasteiger partial charge on any atom is -0.497 e. The van der Waals surface area contributed by atoms with E-state index in [9.17, 15) is 5.11 Å². The van der Waals surface area contributed by atoms with Crippen molar-refractivity contribution in [1.82, 2.24) is 5.32 Å². The second kappa shape index (κ2) is 10.5. The van der Waals surface area contributed by atoms with Crippen LogP contribution in [0.4, 0.5) is 0 Å². The minimum absolute atomic E-state index is 0.287. The number of aliphatic hydroxyl groups excluding tert-OH is 1. The Hall–Kier alpha value is -1.26. The first-order chi connectivity index (χ1) is 9.76. The monoisotopic (exact) mass is 281 g/mol. The number of aliphatic hydroxyl groups is 1. The van der Waals surface area contributed by atoms with Gasteiger partial charge in [0.2, 0.25) is 0 Å². The van der Waals surface area contributed by atoms with Crippen LogP contribution in [0.5, 0.6) is 11.5 Å². The first-order valence-electron chi connectivity index (χ1n) is 7.42. The molecule has 1 aromatic rings. The van der Waals surface area contributed by atoms with E-state index in [4.69, 9.17) is 9.47 Å². The van der Waals surface area contributed by atoms with E-state index in [0.29, 0.717) is 12.3 Å². The van der Waals surface area contributed by atoms with Gasteiger partial charge in [-0.05, 0) is 25.1 Å². The highest BCUT2D eigenvalue weighted by molar-refractivity contribution is 5.32. The molecular formula is C16H27NO3. The Balaban J connectivity index is 2.11. The molecule has 0 fully saturated rings. The summed E-state index contributed by atoms with van der Waals surface area (Å²) in [4.78, 5) is 0. The molecular weight excluding hydrogens is 254 g/mol. The maximum absolute atomic E-state index is 9.82. The van der Waals surface area contributed by atoms with Crippen LogP contribution in [-0.2, 0) is 0 Å². The van der Waals surface area contributed by atoms with Crippen molar-refractivity contribution in [3.05, 3.63) is 24.3 Å². The number of methoxy groups -OCH3 is 1. The van der Waals surface area contributed by atoms with Crippen LogP contribution in [0.25, 0.3) is 0 Å². The van der Waals surface area contributed by atoms with Gasteiger partial charge in [-0.3, -0.25) is 0 Å². The smallest absolute Gasteiger partial charge is 0.123 e. The van der Waals surface area contributed by atoms with Crippen molar-refractivity contribution in [2.45, 2.75) is 38.7 Å². The molecule has 4 nitrogen and oxygen atoms in total. The first-order valence-corrected chi connectivity index (χ1v) is 7.42. The van der Waals surface area contributed by atoms with E-state index in [1.165, 1.54) is 19.3 Å². The molecule has 0 saturated carbocycles. The summed E-state index contributed by atoms with van der Waals surface area (Å²) < 4.78 is 10.7. The van der Waals surface area contributed by atoms with Gasteiger partial charge in [-0.15, -0.1) is 0 Å². The zero-order valence-corrected chi connectivity index (χ0v) is 12.6. The SMILES string of the molecule is CCCCCCNCC(O)COc1cccc(OC)c1. The standard InChI is InChI=1S/C16H27NO3/c1-3-4-5-6-10-17-12-14(18)13-20-16-9-7-8-15(11-16)19-2/h7-9,11,14,17-18H,3-6,10,12-13H2,1-2H3. The fourth-order valence-electron chi connectivity index (χ4n) is 1.89. The van der Waals surface area contributed by atoms with E-state index in [1.807, 2.05) is 24.3 Å². The van der Waals surface area contributed by atoms with Crippen molar-refractivity contribution in [1.29, 1.82) is 0 Å². The Morgan fingerprint density at radius 2 is 2.00 bits per heavy atom. The number of hydrogen-bond donors (Lipinski definition) is 2. The molecule has 0 heterocycles. The third kappa shape index (κ3) is 7.36. The third-order valence-electron chi connectivity index (χ3n) is 3.07. The van der Waals surface area contributed by atoms with Crippen LogP contribution >= 0.6 is 0 Å². The summed E-state index contributed by atoms with van der Waals surface area (Å²) in [5, 5.41) is 13.1. The van der Waals surface area contributed by atoms with Gasteiger partial charge in [-0.25, -0.2) is 0 Å². The van der Waals surface area contributed by atoms with E-state index in [0.717, 1.165) is 18.7 Å². The van der Waals surface area contributed by atoms with E-state index >= 15 is 0 Å². The molecule has 4 heteroatoms. The number of unbranched alkanes of at least 4 members (excludes halogenated alkanes) is 3. The van der Waals surface area contributed by atoms with E-state index in [-0.39, 0.29) is 6.61 Å². The van der Waals surface area contributed by atoms with Crippen LogP contribution in [-0.4, -0.2) is 38.0 Å². The lowest BCUT2D eigenvalue weighted by atomic mass is 10.2. The Bertz CT molecular complexity index is 357. The van der Waals surface area contributed by atoms with Crippen molar-refractivity contribution in [3.63, 3.8) is 0 Å². The zero-order chi connectivity index (χ0) is 14.6. The molecule has 0 aliphatic carbocycles. The predicted octanol–water partition coefficient (Wildman–Crippen LogP) is 2.60. The van der Waals surface area contributed by atoms with Crippen LogP contribution < -0.4 is 14.8 Å². The topological polar surface area (TPSA) is 50.7 Å². The maximum Gasteiger partial charge on any atom is 0.123 e. The molecule has 0 amide bonds. The van der Waals surface area contributed by atoms with Gasteiger partial charge in [0.1, 0.15) is 24.2 Å². The highest BCUT2D eigenvalue weighted by atomic mass is 16.5. The normalized spacial score (nSPS) is 12.2. The van der Waals surface area contributed by atoms with Gasteiger partial charge in [-0.2, -0.15) is 0 Å². The van der Waals surface area contributed by atoms with Crippen LogP contribution in [0.2, 0.25) is 0 Å². The Kier molecular flexibility index (Phi) is 8.83. The molecule has 0 bridgehead atoms. The van der Waals surface area contributed by atoms with E-state index < -0.39 is 6.10 Å². The van der Waals surface area contributed by atoms with Gasteiger partial charge >= 0.3 is 0 Å². The lowest BCUT2D eigenvalue weighted by molar-refractivity contribution is 0.106. The largest absolute Gasteiger partial charge is 0.497 e. The summed E-state index contributed by atoms with van der Waals surface area (Å²) >= 11 is 0. The summed E-state index contributed by atoms with van der Waals surface area (Å²) in [7, 11) is 1.62. The molecule has 0 saturated heterocycles. The highest BCUT2D eigenvalue weighted by Crippen LogP contribution is 2.18. The summed E-state index contributed by atoms with van der Waals surface area (Å²) in [6.07, 6.45) is 4.45. The van der Waals surface area contributed by atoms with Crippen molar-refractivity contribution in [2.24, 2.45) is 0 Å². The first kappa shape index (κ1) is 16.8. The van der Waals surface area contributed by atoms with Crippen molar-refractivity contribution < 1.29 is 14.6 Å². The van der Waals surface area contributed by atoms with Crippen molar-refractivity contribution in [2.75, 3.05) is 26.8 Å². The predicted molar refractivity (Wildman–Crippen MR) is 81.5 cm³/mol. The Morgan fingerprint density at radius 3 is 2.75 bits per heavy atom. The van der Waals surface area contributed by atoms with Gasteiger partial charge < -0.3 is 19.9 Å². The van der Waals surface area contributed by atoms with Gasteiger partial charge in [0.25, 0.3) is 0 Å². The molecule has 1 rings (SSSR count). The lowest BCUT2D eigenvalue weighted by Crippen LogP contribution is -2.32. The average molecular weight is 281 g/mol. The minimum atomic E-state index is -0.493. The molecule has 114 valence electrons. The van der Waals surface area contributed by atoms with Crippen molar-refractivity contribution >= 4 is 0 Å². The van der Waals surface area contributed by atoms with Crippen LogP contribution in [0, 0.1) is 0 Å². The number of nitrogens with one attached hydrogen (secondary N) is 1. The molecule has 2 N–H and O–H groups in total. The van der Waals surface area contributed by atoms with Gasteiger partial charge in [0.05, 0.1) is 7.11 Å². The molecule has 1 atom stereocenters. The molecule has 0 aromatic heterocycles. The van der Waals surface area contributed by atoms with E-state index in [1.54, 1.807) is 7.11 Å². The molecule has 0 aliphatic heterocycles. The lowest BCUT2D eigenvalue weighted by Gasteiger charge is -2.13. The second-order valence-electron chi connectivity index (χ2n) is 4.91. The van der Waals surface area contributed by atoms with Crippen LogP contribution in [0.15, 0.2) is 24.3 Å². The average Bonchev–Trinajstić information content (AvgIpc) is 2.49. The molecule has 0 spiro atoms. The number of ether oxygens (including phenoxy) is 2. The van der Waals surface area contributed by atoms with Crippen molar-refractivity contribution in [3.8, 4) is 11.5 Å². The summed E-state index contributed by atoms with van der Waals surface area (Å²) in [5.41, 5.74) is 0. The molecule has 1 aromatic carbocycles. The second-order valence-corrected chi connectivity index (χ2v) is 4.91. The Morgan fingerprint density at radius 1 is 1.20 bits per heavy atom. The molecule has 20 heavy (non-hydrogen) atoms. The van der Waals surface area contributed by atoms with Gasteiger partial charge in [0, 0.05) is 12.6 Å². The molecule has 1 unspecified atom stereocenters. The van der Waals surface area contributed by atoms with Gasteiger partial charge in [0.15, 0.2) is 0 Å². The summed E-state index contributed by atoms with van der Waals surface area (Å²) in [5.74, 6) is 1.47. The number of rotatable bonds is 11. The summed E-state index contributed by atoms with van der Waals surface area (Å²) in [6.45, 7) is 4.01. The quantitative estimate of drug-likeness (QED) is 0.612. The maximum atomic E-state index is 9.82. The Labute approximate surface area is 122 Å². The zero-order valence-electron chi connectivity index (χ0n) is 12.6. The summed E-state index contributed by atoms with van der Waals surface area (Å²) in [6, 6.07) is 7.39. The number of hydrogen-bond acceptors (Lipinski definition) is 4. The van der Waals surface area contributed by atoms with Crippen LogP contribution in [0.3, 0.4) is 0 Å². The van der Waals surface area contributed by atoms with Crippen LogP contribution in [0.1, 0.15) is 32.6 Å². The molecule has 0 radical (unpaired) electrons. The number of benzene rings is 1. The fraction of sp³-hybridized carbons (Fsp3) is 0.625. The third-order valence-corrected chi connectivity index (χ3v) is 3.07. The highest BCUT2D eigenvalue weighted by Gasteiger charge is 2.05.